The van der Waals surface area contributed by atoms with Crippen molar-refractivity contribution in [2.45, 2.75) is 45.1 Å². The summed E-state index contributed by atoms with van der Waals surface area (Å²) in [6, 6.07) is 0. The summed E-state index contributed by atoms with van der Waals surface area (Å²) in [5.74, 6) is -1.23. The summed E-state index contributed by atoms with van der Waals surface area (Å²) in [7, 11) is 0. The van der Waals surface area contributed by atoms with Crippen LogP contribution >= 0.6 is 0 Å². The molecule has 0 aliphatic carbocycles. The van der Waals surface area contributed by atoms with Crippen LogP contribution in [0.1, 0.15) is 39.5 Å². The van der Waals surface area contributed by atoms with Gasteiger partial charge < -0.3 is 10.4 Å². The number of carbonyl (C=O) groups is 2. The molecule has 0 radical (unpaired) electrons. The third-order valence-electron chi connectivity index (χ3n) is 2.21. The minimum Gasteiger partial charge on any atom is -0.480 e. The van der Waals surface area contributed by atoms with Gasteiger partial charge in [0.2, 0.25) is 5.91 Å². The number of carbonyl (C=O) groups excluding carboxylic acids is 1. The molecule has 86 valence electrons. The number of amides is 1. The highest BCUT2D eigenvalue weighted by molar-refractivity contribution is 5.86. The van der Waals surface area contributed by atoms with E-state index < -0.39 is 11.5 Å². The van der Waals surface area contributed by atoms with Crippen LogP contribution < -0.4 is 5.32 Å². The van der Waals surface area contributed by atoms with Crippen LogP contribution in [0.25, 0.3) is 0 Å². The molecule has 0 saturated carbocycles. The molecule has 0 unspecified atom stereocenters. The molecule has 4 nitrogen and oxygen atoms in total. The van der Waals surface area contributed by atoms with Crippen molar-refractivity contribution in [2.24, 2.45) is 0 Å². The molecule has 15 heavy (non-hydrogen) atoms. The van der Waals surface area contributed by atoms with E-state index in [0.717, 1.165) is 0 Å². The summed E-state index contributed by atoms with van der Waals surface area (Å²) >= 11 is 0. The normalized spacial score (nSPS) is 14.0. The third-order valence-corrected chi connectivity index (χ3v) is 2.21. The predicted octanol–water partition coefficient (Wildman–Crippen LogP) is 1.71. The zero-order chi connectivity index (χ0) is 11.9. The maximum absolute atomic E-state index is 11.4. The van der Waals surface area contributed by atoms with Crippen molar-refractivity contribution >= 4 is 11.9 Å². The Kier molecular flexibility index (Phi) is 5.67. The topological polar surface area (TPSA) is 66.4 Å². The Morgan fingerprint density at radius 2 is 2.13 bits per heavy atom. The van der Waals surface area contributed by atoms with E-state index in [9.17, 15) is 9.59 Å². The van der Waals surface area contributed by atoms with E-state index in [2.05, 4.69) is 11.9 Å². The Balaban J connectivity index is 4.34. The zero-order valence-electron chi connectivity index (χ0n) is 9.38. The van der Waals surface area contributed by atoms with Crippen molar-refractivity contribution in [3.8, 4) is 0 Å². The SMILES string of the molecule is C=CCCC(=O)N[C@@](C)(CCC)C(=O)O. The van der Waals surface area contributed by atoms with E-state index in [0.29, 0.717) is 19.3 Å². The van der Waals surface area contributed by atoms with Crippen molar-refractivity contribution in [1.82, 2.24) is 5.32 Å². The summed E-state index contributed by atoms with van der Waals surface area (Å²) in [5.41, 5.74) is -1.15. The lowest BCUT2D eigenvalue weighted by molar-refractivity contribution is -0.147. The molecule has 0 saturated heterocycles. The second kappa shape index (κ2) is 6.22. The van der Waals surface area contributed by atoms with E-state index in [1.54, 1.807) is 6.08 Å². The molecule has 4 heteroatoms. The molecule has 0 aromatic rings. The van der Waals surface area contributed by atoms with Crippen molar-refractivity contribution < 1.29 is 14.7 Å². The van der Waals surface area contributed by atoms with Crippen molar-refractivity contribution in [1.29, 1.82) is 0 Å². The number of carboxylic acid groups (broad SMARTS) is 1. The molecule has 1 atom stereocenters. The molecule has 0 spiro atoms. The van der Waals surface area contributed by atoms with Crippen molar-refractivity contribution in [2.75, 3.05) is 0 Å². The van der Waals surface area contributed by atoms with Crippen LogP contribution in [0.15, 0.2) is 12.7 Å². The average Bonchev–Trinajstić information content (AvgIpc) is 2.14. The van der Waals surface area contributed by atoms with Crippen LogP contribution in [0.3, 0.4) is 0 Å². The van der Waals surface area contributed by atoms with Crippen LogP contribution in [-0.2, 0) is 9.59 Å². The van der Waals surface area contributed by atoms with Gasteiger partial charge in [-0.3, -0.25) is 4.79 Å². The Morgan fingerprint density at radius 1 is 1.53 bits per heavy atom. The lowest BCUT2D eigenvalue weighted by Crippen LogP contribution is -2.52. The number of rotatable bonds is 7. The van der Waals surface area contributed by atoms with Crippen molar-refractivity contribution in [3.63, 3.8) is 0 Å². The molecular formula is C11H19NO3. The van der Waals surface area contributed by atoms with Gasteiger partial charge in [0, 0.05) is 6.42 Å². The smallest absolute Gasteiger partial charge is 0.329 e. The molecule has 0 fully saturated rings. The molecule has 0 aromatic carbocycles. The van der Waals surface area contributed by atoms with Gasteiger partial charge in [0.1, 0.15) is 5.54 Å². The fraction of sp³-hybridized carbons (Fsp3) is 0.636. The van der Waals surface area contributed by atoms with Gasteiger partial charge in [-0.2, -0.15) is 0 Å². The number of carboxylic acids is 1. The van der Waals surface area contributed by atoms with E-state index in [1.807, 2.05) is 6.92 Å². The highest BCUT2D eigenvalue weighted by Gasteiger charge is 2.33. The highest BCUT2D eigenvalue weighted by atomic mass is 16.4. The molecular weight excluding hydrogens is 194 g/mol. The first-order chi connectivity index (χ1) is 6.96. The number of allylic oxidation sites excluding steroid dienone is 1. The lowest BCUT2D eigenvalue weighted by Gasteiger charge is -2.25. The Morgan fingerprint density at radius 3 is 2.53 bits per heavy atom. The third kappa shape index (κ3) is 4.63. The maximum Gasteiger partial charge on any atom is 0.329 e. The standard InChI is InChI=1S/C11H19NO3/c1-4-6-7-9(13)12-11(3,8-5-2)10(14)15/h4H,1,5-8H2,2-3H3,(H,12,13)(H,14,15)/t11-/m0/s1. The van der Waals surface area contributed by atoms with Crippen LogP contribution in [0.4, 0.5) is 0 Å². The number of nitrogens with one attached hydrogen (secondary N) is 1. The van der Waals surface area contributed by atoms with E-state index in [1.165, 1.54) is 6.92 Å². The predicted molar refractivity (Wildman–Crippen MR) is 58.5 cm³/mol. The summed E-state index contributed by atoms with van der Waals surface area (Å²) in [5, 5.41) is 11.5. The first kappa shape index (κ1) is 13.7. The van der Waals surface area contributed by atoms with Crippen LogP contribution in [0.5, 0.6) is 0 Å². The van der Waals surface area contributed by atoms with E-state index in [4.69, 9.17) is 5.11 Å². The Bertz CT molecular complexity index is 250. The summed E-state index contributed by atoms with van der Waals surface area (Å²) in [4.78, 5) is 22.4. The maximum atomic E-state index is 11.4. The fourth-order valence-corrected chi connectivity index (χ4v) is 1.33. The average molecular weight is 213 g/mol. The van der Waals surface area contributed by atoms with Gasteiger partial charge in [-0.05, 0) is 19.8 Å². The van der Waals surface area contributed by atoms with Gasteiger partial charge in [0.05, 0.1) is 0 Å². The molecule has 0 aliphatic rings. The molecule has 0 aromatic heterocycles. The lowest BCUT2D eigenvalue weighted by atomic mass is 9.96. The molecule has 1 amide bonds. The molecule has 0 rings (SSSR count). The first-order valence-electron chi connectivity index (χ1n) is 5.11. The highest BCUT2D eigenvalue weighted by Crippen LogP contribution is 2.13. The van der Waals surface area contributed by atoms with Gasteiger partial charge in [-0.25, -0.2) is 4.79 Å². The second-order valence-electron chi connectivity index (χ2n) is 3.76. The van der Waals surface area contributed by atoms with Crippen molar-refractivity contribution in [3.05, 3.63) is 12.7 Å². The molecule has 2 N–H and O–H groups in total. The molecule has 0 aliphatic heterocycles. The minimum atomic E-state index is -1.15. The van der Waals surface area contributed by atoms with E-state index >= 15 is 0 Å². The Hall–Kier alpha value is -1.32. The fourth-order valence-electron chi connectivity index (χ4n) is 1.33. The number of hydrogen-bond donors (Lipinski definition) is 2. The number of aliphatic carboxylic acids is 1. The first-order valence-corrected chi connectivity index (χ1v) is 5.11. The van der Waals surface area contributed by atoms with Crippen LogP contribution in [0.2, 0.25) is 0 Å². The second-order valence-corrected chi connectivity index (χ2v) is 3.76. The van der Waals surface area contributed by atoms with Gasteiger partial charge in [-0.1, -0.05) is 19.4 Å². The van der Waals surface area contributed by atoms with Gasteiger partial charge in [-0.15, -0.1) is 6.58 Å². The van der Waals surface area contributed by atoms with Crippen LogP contribution in [-0.4, -0.2) is 22.5 Å². The van der Waals surface area contributed by atoms with E-state index in [-0.39, 0.29) is 12.3 Å². The zero-order valence-corrected chi connectivity index (χ0v) is 9.38. The van der Waals surface area contributed by atoms with Gasteiger partial charge in [0.25, 0.3) is 0 Å². The molecule has 0 bridgehead atoms. The Labute approximate surface area is 90.4 Å². The largest absolute Gasteiger partial charge is 0.480 e. The molecule has 0 heterocycles. The number of hydrogen-bond acceptors (Lipinski definition) is 2. The summed E-state index contributed by atoms with van der Waals surface area (Å²) in [6.45, 7) is 6.92. The quantitative estimate of drug-likeness (QED) is 0.633. The minimum absolute atomic E-state index is 0.242. The van der Waals surface area contributed by atoms with Gasteiger partial charge >= 0.3 is 5.97 Å². The monoisotopic (exact) mass is 213 g/mol. The van der Waals surface area contributed by atoms with Gasteiger partial charge in [0.15, 0.2) is 0 Å². The summed E-state index contributed by atoms with van der Waals surface area (Å²) < 4.78 is 0. The van der Waals surface area contributed by atoms with Crippen LogP contribution in [0, 0.1) is 0 Å². The summed E-state index contributed by atoms with van der Waals surface area (Å²) in [6.07, 6.45) is 3.63.